The Hall–Kier alpha value is -3.19. The summed E-state index contributed by atoms with van der Waals surface area (Å²) in [6.07, 6.45) is 0.597. The highest BCUT2D eigenvalue weighted by Gasteiger charge is 2.30. The molecule has 0 unspecified atom stereocenters. The van der Waals surface area contributed by atoms with Gasteiger partial charge in [0.2, 0.25) is 0 Å². The highest BCUT2D eigenvalue weighted by atomic mass is 35.5. The van der Waals surface area contributed by atoms with E-state index in [4.69, 9.17) is 11.6 Å². The monoisotopic (exact) mass is 426 g/mol. The lowest BCUT2D eigenvalue weighted by atomic mass is 10.0. The molecule has 0 spiro atoms. The molecular weight excluding hydrogens is 407 g/mol. The molecule has 0 fully saturated rings. The normalized spacial score (nSPS) is 13.1. The topological polar surface area (TPSA) is 67.2 Å². The van der Waals surface area contributed by atoms with E-state index in [2.05, 4.69) is 10.4 Å². The Labute approximate surface area is 178 Å². The zero-order chi connectivity index (χ0) is 21.3. The van der Waals surface area contributed by atoms with Gasteiger partial charge in [0.15, 0.2) is 5.69 Å². The molecular formula is C22H20ClFN4O2. The van der Waals surface area contributed by atoms with Gasteiger partial charge in [-0.3, -0.25) is 14.3 Å². The third-order valence-electron chi connectivity index (χ3n) is 5.22. The molecule has 6 nitrogen and oxygen atoms in total. The van der Waals surface area contributed by atoms with Crippen LogP contribution in [0.25, 0.3) is 0 Å². The zero-order valence-electron chi connectivity index (χ0n) is 16.4. The van der Waals surface area contributed by atoms with Crippen molar-refractivity contribution in [3.63, 3.8) is 0 Å². The van der Waals surface area contributed by atoms with Crippen molar-refractivity contribution in [3.05, 3.63) is 87.4 Å². The van der Waals surface area contributed by atoms with E-state index in [1.54, 1.807) is 53.0 Å². The van der Waals surface area contributed by atoms with Crippen molar-refractivity contribution in [2.24, 2.45) is 7.05 Å². The molecule has 8 heteroatoms. The number of carbonyl (C=O) groups is 2. The number of aryl methyl sites for hydroxylation is 1. The van der Waals surface area contributed by atoms with Crippen molar-refractivity contribution in [2.45, 2.75) is 19.5 Å². The van der Waals surface area contributed by atoms with Gasteiger partial charge in [-0.1, -0.05) is 35.9 Å². The van der Waals surface area contributed by atoms with Gasteiger partial charge in [-0.25, -0.2) is 4.39 Å². The molecule has 2 aromatic carbocycles. The van der Waals surface area contributed by atoms with Gasteiger partial charge in [-0.15, -0.1) is 0 Å². The molecule has 1 aromatic heterocycles. The number of nitrogens with one attached hydrogen (secondary N) is 1. The van der Waals surface area contributed by atoms with E-state index in [9.17, 15) is 14.0 Å². The first-order chi connectivity index (χ1) is 14.4. The number of nitrogens with zero attached hydrogens (tertiary/aromatic N) is 3. The van der Waals surface area contributed by atoms with E-state index in [1.807, 2.05) is 0 Å². The highest BCUT2D eigenvalue weighted by Crippen LogP contribution is 2.25. The summed E-state index contributed by atoms with van der Waals surface area (Å²) < 4.78 is 14.7. The molecule has 154 valence electrons. The summed E-state index contributed by atoms with van der Waals surface area (Å²) in [5, 5.41) is 7.60. The minimum Gasteiger partial charge on any atom is -0.347 e. The van der Waals surface area contributed by atoms with Crippen molar-refractivity contribution in [2.75, 3.05) is 6.54 Å². The summed E-state index contributed by atoms with van der Waals surface area (Å²) in [6, 6.07) is 12.9. The number of carbonyl (C=O) groups excluding carboxylic acids is 2. The van der Waals surface area contributed by atoms with Crippen molar-refractivity contribution in [1.82, 2.24) is 20.0 Å². The fourth-order valence-electron chi connectivity index (χ4n) is 3.62. The van der Waals surface area contributed by atoms with Crippen LogP contribution in [0.15, 0.2) is 48.5 Å². The summed E-state index contributed by atoms with van der Waals surface area (Å²) in [7, 11) is 1.79. The van der Waals surface area contributed by atoms with E-state index in [0.29, 0.717) is 29.2 Å². The second kappa shape index (κ2) is 8.28. The van der Waals surface area contributed by atoms with Crippen molar-refractivity contribution >= 4 is 23.4 Å². The molecule has 0 bridgehead atoms. The summed E-state index contributed by atoms with van der Waals surface area (Å²) >= 11 is 6.18. The van der Waals surface area contributed by atoms with Crippen molar-refractivity contribution in [1.29, 1.82) is 0 Å². The Morgan fingerprint density at radius 3 is 2.63 bits per heavy atom. The highest BCUT2D eigenvalue weighted by molar-refractivity contribution is 6.33. The molecule has 2 heterocycles. The smallest absolute Gasteiger partial charge is 0.272 e. The molecule has 0 radical (unpaired) electrons. The third kappa shape index (κ3) is 3.93. The van der Waals surface area contributed by atoms with Crippen LogP contribution in [0.3, 0.4) is 0 Å². The fraction of sp³-hybridized carbons (Fsp3) is 0.227. The molecule has 0 saturated carbocycles. The first-order valence-electron chi connectivity index (χ1n) is 9.55. The minimum atomic E-state index is -0.330. The lowest BCUT2D eigenvalue weighted by molar-refractivity contribution is 0.0730. The maximum atomic E-state index is 13.1. The molecule has 1 N–H and O–H groups in total. The maximum absolute atomic E-state index is 13.1. The largest absolute Gasteiger partial charge is 0.347 e. The van der Waals surface area contributed by atoms with Gasteiger partial charge >= 0.3 is 0 Å². The third-order valence-corrected chi connectivity index (χ3v) is 5.54. The van der Waals surface area contributed by atoms with Gasteiger partial charge in [0, 0.05) is 37.8 Å². The minimum absolute atomic E-state index is 0.173. The van der Waals surface area contributed by atoms with Gasteiger partial charge in [0.1, 0.15) is 5.82 Å². The molecule has 0 saturated heterocycles. The van der Waals surface area contributed by atoms with Crippen LogP contribution in [0.2, 0.25) is 5.02 Å². The van der Waals surface area contributed by atoms with Gasteiger partial charge in [0.05, 0.1) is 17.1 Å². The Morgan fingerprint density at radius 2 is 1.90 bits per heavy atom. The molecule has 1 aliphatic rings. The van der Waals surface area contributed by atoms with E-state index in [1.165, 1.54) is 12.1 Å². The van der Waals surface area contributed by atoms with Gasteiger partial charge in [0.25, 0.3) is 11.8 Å². The fourth-order valence-corrected chi connectivity index (χ4v) is 3.84. The van der Waals surface area contributed by atoms with Gasteiger partial charge in [-0.2, -0.15) is 5.10 Å². The van der Waals surface area contributed by atoms with Crippen LogP contribution in [0.1, 0.15) is 37.7 Å². The Morgan fingerprint density at radius 1 is 1.17 bits per heavy atom. The predicted octanol–water partition coefficient (Wildman–Crippen LogP) is 3.34. The van der Waals surface area contributed by atoms with Gasteiger partial charge in [-0.05, 0) is 29.8 Å². The first-order valence-corrected chi connectivity index (χ1v) is 9.93. The van der Waals surface area contributed by atoms with E-state index < -0.39 is 0 Å². The lowest BCUT2D eigenvalue weighted by Crippen LogP contribution is -2.37. The van der Waals surface area contributed by atoms with Crippen LogP contribution < -0.4 is 5.32 Å². The summed E-state index contributed by atoms with van der Waals surface area (Å²) in [4.78, 5) is 27.4. The average Bonchev–Trinajstić information content (AvgIpc) is 3.09. The van der Waals surface area contributed by atoms with Crippen LogP contribution in [0.4, 0.5) is 4.39 Å². The molecule has 3 aromatic rings. The quantitative estimate of drug-likeness (QED) is 0.695. The van der Waals surface area contributed by atoms with Crippen LogP contribution in [-0.2, 0) is 26.6 Å². The van der Waals surface area contributed by atoms with Crippen molar-refractivity contribution < 1.29 is 14.0 Å². The Balaban J connectivity index is 1.52. The zero-order valence-corrected chi connectivity index (χ0v) is 17.1. The number of amides is 2. The molecule has 0 aliphatic carbocycles. The molecule has 1 aliphatic heterocycles. The molecule has 30 heavy (non-hydrogen) atoms. The molecule has 2 amide bonds. The SMILES string of the molecule is Cn1nc(C(=O)NCc2ccc(F)cc2)c2c1CCN(C(=O)c1ccccc1Cl)C2. The summed E-state index contributed by atoms with van der Waals surface area (Å²) in [6.45, 7) is 1.06. The van der Waals surface area contributed by atoms with E-state index >= 15 is 0 Å². The Kier molecular flexibility index (Phi) is 5.55. The second-order valence-corrected chi connectivity index (χ2v) is 7.57. The van der Waals surface area contributed by atoms with Crippen LogP contribution in [0.5, 0.6) is 0 Å². The standard InChI is InChI=1S/C22H20ClFN4O2/c1-27-19-10-11-28(22(30)16-4-2-3-5-18(16)23)13-17(19)20(26-27)21(29)25-12-14-6-8-15(24)9-7-14/h2-9H,10-13H2,1H3,(H,25,29). The van der Waals surface area contributed by atoms with E-state index in [-0.39, 0.29) is 30.7 Å². The van der Waals surface area contributed by atoms with Gasteiger partial charge < -0.3 is 10.2 Å². The lowest BCUT2D eigenvalue weighted by Gasteiger charge is -2.28. The number of aromatic nitrogens is 2. The van der Waals surface area contributed by atoms with Crippen molar-refractivity contribution in [3.8, 4) is 0 Å². The number of hydrogen-bond donors (Lipinski definition) is 1. The maximum Gasteiger partial charge on any atom is 0.272 e. The predicted molar refractivity (Wildman–Crippen MR) is 111 cm³/mol. The number of hydrogen-bond acceptors (Lipinski definition) is 3. The Bertz CT molecular complexity index is 1110. The average molecular weight is 427 g/mol. The van der Waals surface area contributed by atoms with Crippen LogP contribution >= 0.6 is 11.6 Å². The number of halogens is 2. The number of benzene rings is 2. The summed E-state index contributed by atoms with van der Waals surface area (Å²) in [5.41, 5.74) is 3.19. The summed E-state index contributed by atoms with van der Waals surface area (Å²) in [5.74, 6) is -0.830. The van der Waals surface area contributed by atoms with Crippen LogP contribution in [0, 0.1) is 5.82 Å². The van der Waals surface area contributed by atoms with E-state index in [0.717, 1.165) is 16.8 Å². The number of fused-ring (bicyclic) bond motifs is 1. The first kappa shape index (κ1) is 20.1. The molecule has 0 atom stereocenters. The number of rotatable bonds is 4. The second-order valence-electron chi connectivity index (χ2n) is 7.16. The van der Waals surface area contributed by atoms with Crippen LogP contribution in [-0.4, -0.2) is 33.0 Å². The molecule has 4 rings (SSSR count).